The Balaban J connectivity index is 1.23. The van der Waals surface area contributed by atoms with E-state index < -0.39 is 28.2 Å². The standard InChI is InChI=1S/C36H34FN3O4S2/c1-5-6-25-9-15-30(16-10-25)46(43,44)40-33(41)20-28-13-14-29(21-31(28)37)38-36-39-35(42)32(45-36)19-26-7-11-27(12-8-26)34-23(3)17-22(2)18-24(34)4/h7-19,21H,5-6,20H2,1-4H3,(H,40,41)(H,38,39,42). The Morgan fingerprint density at radius 2 is 1.63 bits per heavy atom. The predicted molar refractivity (Wildman–Crippen MR) is 183 cm³/mol. The van der Waals surface area contributed by atoms with Gasteiger partial charge in [0.25, 0.3) is 15.9 Å². The van der Waals surface area contributed by atoms with Crippen LogP contribution < -0.4 is 10.0 Å². The zero-order chi connectivity index (χ0) is 33.0. The summed E-state index contributed by atoms with van der Waals surface area (Å²) in [5.74, 6) is -1.89. The van der Waals surface area contributed by atoms with Gasteiger partial charge in [-0.3, -0.25) is 9.59 Å². The van der Waals surface area contributed by atoms with Crippen molar-refractivity contribution in [2.45, 2.75) is 51.9 Å². The van der Waals surface area contributed by atoms with E-state index in [0.29, 0.717) is 10.1 Å². The highest BCUT2D eigenvalue weighted by Crippen LogP contribution is 2.31. The van der Waals surface area contributed by atoms with Crippen molar-refractivity contribution in [2.24, 2.45) is 4.99 Å². The summed E-state index contributed by atoms with van der Waals surface area (Å²) < 4.78 is 42.2. The molecule has 10 heteroatoms. The third-order valence-corrected chi connectivity index (χ3v) is 9.76. The van der Waals surface area contributed by atoms with Crippen molar-refractivity contribution in [1.29, 1.82) is 0 Å². The van der Waals surface area contributed by atoms with E-state index in [4.69, 9.17) is 0 Å². The SMILES string of the molecule is CCCc1ccc(S(=O)(=O)NC(=O)Cc2ccc(N=C3NC(=O)C(=Cc4ccc(-c5c(C)cc(C)cc5C)cc4)S3)cc2F)cc1. The van der Waals surface area contributed by atoms with Crippen LogP contribution in [0.25, 0.3) is 17.2 Å². The maximum Gasteiger partial charge on any atom is 0.264 e. The minimum atomic E-state index is -4.09. The molecule has 1 heterocycles. The molecule has 2 amide bonds. The summed E-state index contributed by atoms with van der Waals surface area (Å²) in [5.41, 5.74) is 8.04. The normalized spacial score (nSPS) is 14.9. The molecule has 5 rings (SSSR count). The monoisotopic (exact) mass is 655 g/mol. The van der Waals surface area contributed by atoms with E-state index in [0.717, 1.165) is 47.4 Å². The van der Waals surface area contributed by atoms with Crippen molar-refractivity contribution < 1.29 is 22.4 Å². The molecule has 0 spiro atoms. The van der Waals surface area contributed by atoms with E-state index >= 15 is 0 Å². The Hall–Kier alpha value is -4.54. The van der Waals surface area contributed by atoms with Gasteiger partial charge in [0.05, 0.1) is 21.9 Å². The highest BCUT2D eigenvalue weighted by Gasteiger charge is 2.24. The number of nitrogens with zero attached hydrogens (tertiary/aromatic N) is 1. The third-order valence-electron chi connectivity index (χ3n) is 7.46. The zero-order valence-corrected chi connectivity index (χ0v) is 27.6. The third kappa shape index (κ3) is 7.81. The van der Waals surface area contributed by atoms with E-state index in [-0.39, 0.29) is 22.1 Å². The van der Waals surface area contributed by atoms with Gasteiger partial charge in [-0.2, -0.15) is 0 Å². The van der Waals surface area contributed by atoms with Crippen LogP contribution in [0.4, 0.5) is 10.1 Å². The topological polar surface area (TPSA) is 105 Å². The number of amidine groups is 1. The van der Waals surface area contributed by atoms with E-state index in [1.165, 1.54) is 46.5 Å². The second-order valence-corrected chi connectivity index (χ2v) is 14.0. The maximum absolute atomic E-state index is 14.9. The summed E-state index contributed by atoms with van der Waals surface area (Å²) in [6, 6.07) is 22.6. The number of rotatable bonds is 9. The Bertz CT molecular complexity index is 1960. The fourth-order valence-corrected chi connectivity index (χ4v) is 7.25. The number of carbonyl (C=O) groups excluding carboxylic acids is 2. The molecule has 0 aliphatic carbocycles. The lowest BCUT2D eigenvalue weighted by Crippen LogP contribution is -2.32. The highest BCUT2D eigenvalue weighted by atomic mass is 32.2. The van der Waals surface area contributed by atoms with Crippen molar-refractivity contribution in [2.75, 3.05) is 0 Å². The molecule has 1 aliphatic rings. The molecule has 7 nitrogen and oxygen atoms in total. The predicted octanol–water partition coefficient (Wildman–Crippen LogP) is 7.31. The van der Waals surface area contributed by atoms with Gasteiger partial charge >= 0.3 is 0 Å². The molecule has 1 saturated heterocycles. The van der Waals surface area contributed by atoms with Crippen molar-refractivity contribution >= 4 is 50.5 Å². The summed E-state index contributed by atoms with van der Waals surface area (Å²) in [4.78, 5) is 29.9. The van der Waals surface area contributed by atoms with Crippen LogP contribution in [0.1, 0.15) is 46.7 Å². The van der Waals surface area contributed by atoms with E-state index in [9.17, 15) is 22.4 Å². The minimum absolute atomic E-state index is 0.0121. The molecule has 0 saturated carbocycles. The number of aryl methyl sites for hydroxylation is 4. The lowest BCUT2D eigenvalue weighted by Gasteiger charge is -2.12. The molecular formula is C36H34FN3O4S2. The second-order valence-electron chi connectivity index (χ2n) is 11.3. The van der Waals surface area contributed by atoms with Crippen molar-refractivity contribution in [3.05, 3.63) is 123 Å². The molecule has 236 valence electrons. The van der Waals surface area contributed by atoms with Gasteiger partial charge in [0.2, 0.25) is 5.91 Å². The van der Waals surface area contributed by atoms with Gasteiger partial charge in [-0.05, 0) is 108 Å². The maximum atomic E-state index is 14.9. The lowest BCUT2D eigenvalue weighted by molar-refractivity contribution is -0.118. The molecule has 4 aromatic rings. The van der Waals surface area contributed by atoms with Crippen molar-refractivity contribution in [3.63, 3.8) is 0 Å². The average molecular weight is 656 g/mol. The van der Waals surface area contributed by atoms with Crippen LogP contribution in [-0.2, 0) is 32.5 Å². The summed E-state index contributed by atoms with van der Waals surface area (Å²) in [6.07, 6.45) is 3.04. The largest absolute Gasteiger partial charge is 0.300 e. The number of thioether (sulfide) groups is 1. The minimum Gasteiger partial charge on any atom is -0.300 e. The molecule has 46 heavy (non-hydrogen) atoms. The van der Waals surface area contributed by atoms with Crippen molar-refractivity contribution in [3.8, 4) is 11.1 Å². The molecule has 4 aromatic carbocycles. The van der Waals surface area contributed by atoms with Gasteiger partial charge in [0.15, 0.2) is 5.17 Å². The van der Waals surface area contributed by atoms with Crippen LogP contribution in [0.3, 0.4) is 0 Å². The van der Waals surface area contributed by atoms with Crippen LogP contribution in [0, 0.1) is 26.6 Å². The molecule has 0 unspecified atom stereocenters. The van der Waals surface area contributed by atoms with Crippen LogP contribution >= 0.6 is 11.8 Å². The van der Waals surface area contributed by atoms with E-state index in [2.05, 4.69) is 43.2 Å². The number of sulfonamides is 1. The van der Waals surface area contributed by atoms with E-state index in [1.54, 1.807) is 18.2 Å². The number of halogens is 1. The fourth-order valence-electron chi connectivity index (χ4n) is 5.42. The number of carbonyl (C=O) groups is 2. The second kappa shape index (κ2) is 13.8. The Kier molecular flexibility index (Phi) is 9.88. The summed E-state index contributed by atoms with van der Waals surface area (Å²) in [5, 5.41) is 2.99. The zero-order valence-electron chi connectivity index (χ0n) is 26.0. The highest BCUT2D eigenvalue weighted by molar-refractivity contribution is 8.18. The van der Waals surface area contributed by atoms with Gasteiger partial charge in [-0.15, -0.1) is 0 Å². The summed E-state index contributed by atoms with van der Waals surface area (Å²) in [7, 11) is -4.09. The van der Waals surface area contributed by atoms with E-state index in [1.807, 2.05) is 35.9 Å². The number of aliphatic imine (C=N–C) groups is 1. The van der Waals surface area contributed by atoms with Gasteiger partial charge in [-0.1, -0.05) is 73.5 Å². The van der Waals surface area contributed by atoms with Gasteiger partial charge in [0.1, 0.15) is 5.82 Å². The molecular weight excluding hydrogens is 622 g/mol. The molecule has 0 aromatic heterocycles. The number of benzene rings is 4. The van der Waals surface area contributed by atoms with Crippen LogP contribution in [-0.4, -0.2) is 25.4 Å². The van der Waals surface area contributed by atoms with Crippen LogP contribution in [0.5, 0.6) is 0 Å². The van der Waals surface area contributed by atoms with Crippen LogP contribution in [0.2, 0.25) is 0 Å². The first-order valence-electron chi connectivity index (χ1n) is 14.8. The Morgan fingerprint density at radius 1 is 0.957 bits per heavy atom. The molecule has 2 N–H and O–H groups in total. The summed E-state index contributed by atoms with van der Waals surface area (Å²) in [6.45, 7) is 8.31. The van der Waals surface area contributed by atoms with Crippen molar-refractivity contribution in [1.82, 2.24) is 10.0 Å². The number of nitrogens with one attached hydrogen (secondary N) is 2. The molecule has 0 radical (unpaired) electrons. The first kappa shape index (κ1) is 32.8. The summed E-state index contributed by atoms with van der Waals surface area (Å²) >= 11 is 1.14. The lowest BCUT2D eigenvalue weighted by atomic mass is 9.93. The van der Waals surface area contributed by atoms with Crippen LogP contribution in [0.15, 0.2) is 93.7 Å². The molecule has 1 aliphatic heterocycles. The quantitative estimate of drug-likeness (QED) is 0.184. The van der Waals surface area contributed by atoms with Gasteiger partial charge in [0, 0.05) is 0 Å². The Labute approximate surface area is 273 Å². The smallest absolute Gasteiger partial charge is 0.264 e. The first-order valence-corrected chi connectivity index (χ1v) is 17.1. The molecule has 0 atom stereocenters. The number of amides is 2. The average Bonchev–Trinajstić information content (AvgIpc) is 3.33. The molecule has 0 bridgehead atoms. The number of hydrogen-bond acceptors (Lipinski definition) is 6. The fraction of sp³-hybridized carbons (Fsp3) is 0.194. The Morgan fingerprint density at radius 3 is 2.26 bits per heavy atom. The van der Waals surface area contributed by atoms with Gasteiger partial charge < -0.3 is 5.32 Å². The first-order chi connectivity index (χ1) is 21.9. The van der Waals surface area contributed by atoms with Gasteiger partial charge in [-0.25, -0.2) is 22.5 Å². The molecule has 1 fully saturated rings. The number of hydrogen-bond donors (Lipinski definition) is 2.